The van der Waals surface area contributed by atoms with Crippen molar-refractivity contribution in [2.75, 3.05) is 13.1 Å². The monoisotopic (exact) mass is 450 g/mol. The molecular formula is C22H22ClF3N4O. The van der Waals surface area contributed by atoms with E-state index in [0.29, 0.717) is 48.5 Å². The third kappa shape index (κ3) is 4.95. The topological polar surface area (TPSA) is 50.2 Å². The highest BCUT2D eigenvalue weighted by Crippen LogP contribution is 2.33. The maximum atomic E-state index is 13.5. The maximum Gasteiger partial charge on any atom is 0.449 e. The molecule has 31 heavy (non-hydrogen) atoms. The number of amides is 2. The second-order valence-corrected chi connectivity index (χ2v) is 8.18. The van der Waals surface area contributed by atoms with E-state index in [0.717, 1.165) is 5.56 Å². The Balaban J connectivity index is 1.36. The van der Waals surface area contributed by atoms with E-state index in [1.807, 2.05) is 12.1 Å². The molecule has 0 spiro atoms. The van der Waals surface area contributed by atoms with E-state index in [1.165, 1.54) is 4.57 Å². The summed E-state index contributed by atoms with van der Waals surface area (Å²) in [5, 5.41) is 3.52. The third-order valence-corrected chi connectivity index (χ3v) is 5.86. The molecule has 164 valence electrons. The molecule has 1 saturated heterocycles. The number of alkyl halides is 3. The molecule has 1 aliphatic heterocycles. The number of likely N-dealkylation sites (tertiary alicyclic amines) is 1. The first kappa shape index (κ1) is 21.5. The SMILES string of the molecule is O=C(NCc1ccc(Cl)cc1)N1CCC(Cn2c(C(F)(F)F)nc3ccccc32)CC1. The molecule has 2 aromatic carbocycles. The molecule has 1 N–H and O–H groups in total. The zero-order valence-electron chi connectivity index (χ0n) is 16.7. The summed E-state index contributed by atoms with van der Waals surface area (Å²) in [5.41, 5.74) is 1.77. The van der Waals surface area contributed by atoms with Gasteiger partial charge in [-0.15, -0.1) is 0 Å². The van der Waals surface area contributed by atoms with Crippen molar-refractivity contribution in [2.24, 2.45) is 5.92 Å². The fourth-order valence-electron chi connectivity index (χ4n) is 3.95. The molecule has 0 saturated carbocycles. The van der Waals surface area contributed by atoms with Crippen LogP contribution in [0.1, 0.15) is 24.2 Å². The fraction of sp³-hybridized carbons (Fsp3) is 0.364. The molecule has 2 amide bonds. The van der Waals surface area contributed by atoms with Gasteiger partial charge in [0.2, 0.25) is 5.82 Å². The Labute approximate surface area is 182 Å². The molecule has 9 heteroatoms. The summed E-state index contributed by atoms with van der Waals surface area (Å²) in [6.45, 7) is 1.64. The van der Waals surface area contributed by atoms with Gasteiger partial charge in [0.15, 0.2) is 0 Å². The van der Waals surface area contributed by atoms with E-state index in [1.54, 1.807) is 41.3 Å². The maximum absolute atomic E-state index is 13.5. The van der Waals surface area contributed by atoms with Gasteiger partial charge in [-0.25, -0.2) is 9.78 Å². The standard InChI is InChI=1S/C22H22ClF3N4O/c23-17-7-5-15(6-8-17)13-27-21(31)29-11-9-16(10-12-29)14-30-19-4-2-1-3-18(19)28-20(30)22(24,25)26/h1-8,16H,9-14H2,(H,27,31). The number of carbonyl (C=O) groups is 1. The number of benzene rings is 2. The highest BCUT2D eigenvalue weighted by molar-refractivity contribution is 6.30. The number of piperidine rings is 1. The number of nitrogens with zero attached hydrogens (tertiary/aromatic N) is 3. The van der Waals surface area contributed by atoms with E-state index in [9.17, 15) is 18.0 Å². The second kappa shape index (κ2) is 8.78. The van der Waals surface area contributed by atoms with E-state index in [4.69, 9.17) is 11.6 Å². The minimum Gasteiger partial charge on any atom is -0.334 e. The van der Waals surface area contributed by atoms with Gasteiger partial charge in [-0.3, -0.25) is 0 Å². The van der Waals surface area contributed by atoms with Gasteiger partial charge in [0.1, 0.15) is 0 Å². The average Bonchev–Trinajstić information content (AvgIpc) is 3.13. The normalized spacial score (nSPS) is 15.4. The van der Waals surface area contributed by atoms with Crippen molar-refractivity contribution >= 4 is 28.7 Å². The van der Waals surface area contributed by atoms with Crippen LogP contribution in [0.4, 0.5) is 18.0 Å². The van der Waals surface area contributed by atoms with E-state index in [2.05, 4.69) is 10.3 Å². The first-order chi connectivity index (χ1) is 14.8. The average molecular weight is 451 g/mol. The fourth-order valence-corrected chi connectivity index (χ4v) is 4.07. The third-order valence-electron chi connectivity index (χ3n) is 5.61. The van der Waals surface area contributed by atoms with Crippen molar-refractivity contribution in [3.63, 3.8) is 0 Å². The molecule has 1 aliphatic rings. The molecule has 1 fully saturated rings. The summed E-state index contributed by atoms with van der Waals surface area (Å²) < 4.78 is 41.8. The minimum absolute atomic E-state index is 0.0408. The first-order valence-electron chi connectivity index (χ1n) is 10.1. The number of urea groups is 1. The molecule has 0 radical (unpaired) electrons. The van der Waals surface area contributed by atoms with Crippen LogP contribution in [0.15, 0.2) is 48.5 Å². The van der Waals surface area contributed by atoms with E-state index < -0.39 is 12.0 Å². The lowest BCUT2D eigenvalue weighted by Crippen LogP contribution is -2.44. The zero-order chi connectivity index (χ0) is 22.0. The summed E-state index contributed by atoms with van der Waals surface area (Å²) in [6, 6.07) is 13.7. The molecule has 0 unspecified atom stereocenters. The van der Waals surface area contributed by atoms with Crippen LogP contribution in [-0.4, -0.2) is 33.6 Å². The lowest BCUT2D eigenvalue weighted by atomic mass is 9.96. The number of carbonyl (C=O) groups excluding carboxylic acids is 1. The van der Waals surface area contributed by atoms with Crippen molar-refractivity contribution in [1.29, 1.82) is 0 Å². The van der Waals surface area contributed by atoms with Crippen LogP contribution in [0.25, 0.3) is 11.0 Å². The van der Waals surface area contributed by atoms with E-state index in [-0.39, 0.29) is 18.5 Å². The van der Waals surface area contributed by atoms with Crippen molar-refractivity contribution in [1.82, 2.24) is 19.8 Å². The molecule has 2 heterocycles. The summed E-state index contributed by atoms with van der Waals surface area (Å²) in [6.07, 6.45) is -3.24. The van der Waals surface area contributed by atoms with Gasteiger partial charge in [-0.1, -0.05) is 35.9 Å². The molecule has 3 aromatic rings. The van der Waals surface area contributed by atoms with Gasteiger partial charge >= 0.3 is 12.2 Å². The number of hydrogen-bond acceptors (Lipinski definition) is 2. The second-order valence-electron chi connectivity index (χ2n) is 7.75. The predicted octanol–water partition coefficient (Wildman–Crippen LogP) is 5.33. The van der Waals surface area contributed by atoms with Crippen LogP contribution in [0, 0.1) is 5.92 Å². The lowest BCUT2D eigenvalue weighted by molar-refractivity contribution is -0.147. The zero-order valence-corrected chi connectivity index (χ0v) is 17.5. The molecule has 4 rings (SSSR count). The quantitative estimate of drug-likeness (QED) is 0.584. The predicted molar refractivity (Wildman–Crippen MR) is 113 cm³/mol. The summed E-state index contributed by atoms with van der Waals surface area (Å²) in [4.78, 5) is 18.0. The number of fused-ring (bicyclic) bond motifs is 1. The molecule has 0 bridgehead atoms. The number of nitrogens with one attached hydrogen (secondary N) is 1. The van der Waals surface area contributed by atoms with Crippen LogP contribution in [-0.2, 0) is 19.3 Å². The smallest absolute Gasteiger partial charge is 0.334 e. The van der Waals surface area contributed by atoms with Gasteiger partial charge in [0, 0.05) is 31.2 Å². The lowest BCUT2D eigenvalue weighted by Gasteiger charge is -2.32. The van der Waals surface area contributed by atoms with Gasteiger partial charge in [-0.2, -0.15) is 13.2 Å². The number of rotatable bonds is 4. The molecule has 5 nitrogen and oxygen atoms in total. The Bertz CT molecular complexity index is 1060. The Morgan fingerprint density at radius 2 is 1.77 bits per heavy atom. The Morgan fingerprint density at radius 1 is 1.10 bits per heavy atom. The Morgan fingerprint density at radius 3 is 2.45 bits per heavy atom. The molecular weight excluding hydrogens is 429 g/mol. The van der Waals surface area contributed by atoms with Crippen molar-refractivity contribution < 1.29 is 18.0 Å². The van der Waals surface area contributed by atoms with Crippen LogP contribution in [0.2, 0.25) is 5.02 Å². The largest absolute Gasteiger partial charge is 0.449 e. The van der Waals surface area contributed by atoms with Gasteiger partial charge in [0.25, 0.3) is 0 Å². The molecule has 0 atom stereocenters. The number of para-hydroxylation sites is 2. The van der Waals surface area contributed by atoms with Gasteiger partial charge < -0.3 is 14.8 Å². The summed E-state index contributed by atoms with van der Waals surface area (Å²) in [5.74, 6) is -0.823. The van der Waals surface area contributed by atoms with Crippen LogP contribution in [0.5, 0.6) is 0 Å². The highest BCUT2D eigenvalue weighted by Gasteiger charge is 2.38. The van der Waals surface area contributed by atoms with Crippen molar-refractivity contribution in [3.8, 4) is 0 Å². The van der Waals surface area contributed by atoms with Crippen molar-refractivity contribution in [2.45, 2.75) is 32.1 Å². The number of imidazole rings is 1. The van der Waals surface area contributed by atoms with E-state index >= 15 is 0 Å². The van der Waals surface area contributed by atoms with Crippen LogP contribution >= 0.6 is 11.6 Å². The summed E-state index contributed by atoms with van der Waals surface area (Å²) >= 11 is 5.86. The van der Waals surface area contributed by atoms with Crippen LogP contribution < -0.4 is 5.32 Å². The molecule has 1 aromatic heterocycles. The number of halogens is 4. The summed E-state index contributed by atoms with van der Waals surface area (Å²) in [7, 11) is 0. The Hall–Kier alpha value is -2.74. The van der Waals surface area contributed by atoms with Gasteiger partial charge in [0.05, 0.1) is 11.0 Å². The first-order valence-corrected chi connectivity index (χ1v) is 10.5. The van der Waals surface area contributed by atoms with Crippen LogP contribution in [0.3, 0.4) is 0 Å². The number of hydrogen-bond donors (Lipinski definition) is 1. The highest BCUT2D eigenvalue weighted by atomic mass is 35.5. The Kier molecular flexibility index (Phi) is 6.09. The van der Waals surface area contributed by atoms with Crippen molar-refractivity contribution in [3.05, 3.63) is 64.9 Å². The number of aromatic nitrogens is 2. The van der Waals surface area contributed by atoms with Gasteiger partial charge in [-0.05, 0) is 48.6 Å². The molecule has 0 aliphatic carbocycles. The minimum atomic E-state index is -4.51.